The van der Waals surface area contributed by atoms with Crippen LogP contribution < -0.4 is 4.90 Å². The molecule has 0 bridgehead atoms. The molecular formula is C13H19NO2. The molecule has 1 N–H and O–H groups in total. The Kier molecular flexibility index (Phi) is 3.80. The molecule has 1 fully saturated rings. The first-order chi connectivity index (χ1) is 7.81. The first kappa shape index (κ1) is 11.4. The third kappa shape index (κ3) is 2.54. The molecular weight excluding hydrogens is 202 g/mol. The Bertz CT molecular complexity index is 317. The van der Waals surface area contributed by atoms with Gasteiger partial charge in [-0.1, -0.05) is 19.1 Å². The summed E-state index contributed by atoms with van der Waals surface area (Å²) < 4.78 is 5.33. The highest BCUT2D eigenvalue weighted by molar-refractivity contribution is 5.48. The molecule has 1 heterocycles. The third-order valence-corrected chi connectivity index (χ3v) is 3.11. The fourth-order valence-corrected chi connectivity index (χ4v) is 1.94. The van der Waals surface area contributed by atoms with Gasteiger partial charge in [-0.15, -0.1) is 0 Å². The van der Waals surface area contributed by atoms with Crippen molar-refractivity contribution in [1.82, 2.24) is 0 Å². The van der Waals surface area contributed by atoms with Gasteiger partial charge in [-0.3, -0.25) is 0 Å². The summed E-state index contributed by atoms with van der Waals surface area (Å²) in [6.45, 7) is 5.80. The summed E-state index contributed by atoms with van der Waals surface area (Å²) in [5.41, 5.74) is 2.44. The van der Waals surface area contributed by atoms with E-state index >= 15 is 0 Å². The number of ether oxygens (including phenoxy) is 1. The minimum atomic E-state index is 0.205. The van der Waals surface area contributed by atoms with Gasteiger partial charge < -0.3 is 14.7 Å². The second-order valence-corrected chi connectivity index (χ2v) is 4.27. The van der Waals surface area contributed by atoms with Gasteiger partial charge in [0.05, 0.1) is 13.2 Å². The Morgan fingerprint density at radius 3 is 2.44 bits per heavy atom. The van der Waals surface area contributed by atoms with E-state index in [1.54, 1.807) is 0 Å². The van der Waals surface area contributed by atoms with Gasteiger partial charge in [0, 0.05) is 31.3 Å². The fourth-order valence-electron chi connectivity index (χ4n) is 1.94. The van der Waals surface area contributed by atoms with Crippen molar-refractivity contribution < 1.29 is 9.84 Å². The molecule has 1 saturated heterocycles. The van der Waals surface area contributed by atoms with Crippen molar-refractivity contribution >= 4 is 5.69 Å². The number of hydrogen-bond donors (Lipinski definition) is 1. The van der Waals surface area contributed by atoms with Crippen LogP contribution >= 0.6 is 0 Å². The van der Waals surface area contributed by atoms with E-state index in [9.17, 15) is 0 Å². The average Bonchev–Trinajstić information content (AvgIpc) is 2.39. The summed E-state index contributed by atoms with van der Waals surface area (Å²) in [4.78, 5) is 2.33. The molecule has 3 heteroatoms. The number of morpholine rings is 1. The van der Waals surface area contributed by atoms with E-state index in [1.165, 1.54) is 11.3 Å². The minimum absolute atomic E-state index is 0.205. The summed E-state index contributed by atoms with van der Waals surface area (Å²) in [6, 6.07) is 8.47. The molecule has 1 aromatic carbocycles. The second-order valence-electron chi connectivity index (χ2n) is 4.27. The number of nitrogens with zero attached hydrogens (tertiary/aromatic N) is 1. The minimum Gasteiger partial charge on any atom is -0.396 e. The maximum Gasteiger partial charge on any atom is 0.0642 e. The molecule has 0 aromatic heterocycles. The second kappa shape index (κ2) is 5.32. The molecule has 1 unspecified atom stereocenters. The first-order valence-corrected chi connectivity index (χ1v) is 5.85. The fraction of sp³-hybridized carbons (Fsp3) is 0.538. The van der Waals surface area contributed by atoms with Crippen molar-refractivity contribution in [2.75, 3.05) is 37.8 Å². The van der Waals surface area contributed by atoms with Crippen LogP contribution in [0.25, 0.3) is 0 Å². The lowest BCUT2D eigenvalue weighted by Crippen LogP contribution is -2.36. The Labute approximate surface area is 96.6 Å². The summed E-state index contributed by atoms with van der Waals surface area (Å²) >= 11 is 0. The van der Waals surface area contributed by atoms with Crippen LogP contribution in [0.3, 0.4) is 0 Å². The molecule has 0 spiro atoms. The zero-order valence-corrected chi connectivity index (χ0v) is 9.72. The Hall–Kier alpha value is -1.06. The Morgan fingerprint density at radius 1 is 1.25 bits per heavy atom. The Balaban J connectivity index is 2.06. The molecule has 1 atom stereocenters. The zero-order chi connectivity index (χ0) is 11.4. The quantitative estimate of drug-likeness (QED) is 0.842. The van der Waals surface area contributed by atoms with Crippen LogP contribution in [-0.2, 0) is 4.74 Å². The van der Waals surface area contributed by atoms with Crippen LogP contribution in [0, 0.1) is 0 Å². The number of aliphatic hydroxyl groups is 1. The van der Waals surface area contributed by atoms with E-state index in [0.717, 1.165) is 26.3 Å². The number of anilines is 1. The highest BCUT2D eigenvalue weighted by Crippen LogP contribution is 2.20. The monoisotopic (exact) mass is 221 g/mol. The maximum absolute atomic E-state index is 9.08. The van der Waals surface area contributed by atoms with Gasteiger partial charge in [0.1, 0.15) is 0 Å². The van der Waals surface area contributed by atoms with Gasteiger partial charge in [0.15, 0.2) is 0 Å². The molecule has 1 aliphatic heterocycles. The molecule has 0 aliphatic carbocycles. The van der Waals surface area contributed by atoms with Crippen LogP contribution in [0.5, 0.6) is 0 Å². The SMILES string of the molecule is CC(CO)c1ccc(N2CCOCC2)cc1. The van der Waals surface area contributed by atoms with Crippen LogP contribution in [-0.4, -0.2) is 38.0 Å². The number of benzene rings is 1. The van der Waals surface area contributed by atoms with Gasteiger partial charge in [0.2, 0.25) is 0 Å². The van der Waals surface area contributed by atoms with Gasteiger partial charge in [0.25, 0.3) is 0 Å². The molecule has 0 radical (unpaired) electrons. The average molecular weight is 221 g/mol. The molecule has 1 aliphatic rings. The van der Waals surface area contributed by atoms with Gasteiger partial charge in [-0.05, 0) is 17.7 Å². The van der Waals surface area contributed by atoms with E-state index in [1.807, 2.05) is 6.92 Å². The number of aliphatic hydroxyl groups excluding tert-OH is 1. The van der Waals surface area contributed by atoms with E-state index in [0.29, 0.717) is 0 Å². The zero-order valence-electron chi connectivity index (χ0n) is 9.72. The lowest BCUT2D eigenvalue weighted by atomic mass is 10.0. The summed E-state index contributed by atoms with van der Waals surface area (Å²) in [6.07, 6.45) is 0. The number of rotatable bonds is 3. The van der Waals surface area contributed by atoms with E-state index in [2.05, 4.69) is 29.2 Å². The molecule has 3 nitrogen and oxygen atoms in total. The van der Waals surface area contributed by atoms with E-state index < -0.39 is 0 Å². The third-order valence-electron chi connectivity index (χ3n) is 3.11. The predicted octanol–water partition coefficient (Wildman–Crippen LogP) is 1.62. The first-order valence-electron chi connectivity index (χ1n) is 5.85. The lowest BCUT2D eigenvalue weighted by Gasteiger charge is -2.29. The van der Waals surface area contributed by atoms with Gasteiger partial charge in [-0.2, -0.15) is 0 Å². The van der Waals surface area contributed by atoms with Crippen LogP contribution in [0.15, 0.2) is 24.3 Å². The summed E-state index contributed by atoms with van der Waals surface area (Å²) in [5, 5.41) is 9.08. The van der Waals surface area contributed by atoms with Crippen molar-refractivity contribution in [3.8, 4) is 0 Å². The Morgan fingerprint density at radius 2 is 1.88 bits per heavy atom. The van der Waals surface area contributed by atoms with Crippen molar-refractivity contribution in [3.05, 3.63) is 29.8 Å². The van der Waals surface area contributed by atoms with Crippen molar-refractivity contribution in [3.63, 3.8) is 0 Å². The van der Waals surface area contributed by atoms with E-state index in [4.69, 9.17) is 9.84 Å². The van der Waals surface area contributed by atoms with Gasteiger partial charge >= 0.3 is 0 Å². The highest BCUT2D eigenvalue weighted by atomic mass is 16.5. The molecule has 16 heavy (non-hydrogen) atoms. The summed E-state index contributed by atoms with van der Waals surface area (Å²) in [5.74, 6) is 0.221. The standard InChI is InChI=1S/C13H19NO2/c1-11(10-15)12-2-4-13(5-3-12)14-6-8-16-9-7-14/h2-5,11,15H,6-10H2,1H3. The largest absolute Gasteiger partial charge is 0.396 e. The molecule has 0 saturated carbocycles. The van der Waals surface area contributed by atoms with E-state index in [-0.39, 0.29) is 12.5 Å². The lowest BCUT2D eigenvalue weighted by molar-refractivity contribution is 0.122. The topological polar surface area (TPSA) is 32.7 Å². The summed E-state index contributed by atoms with van der Waals surface area (Å²) in [7, 11) is 0. The normalized spacial score (nSPS) is 18.5. The molecule has 1 aromatic rings. The van der Waals surface area contributed by atoms with Crippen molar-refractivity contribution in [1.29, 1.82) is 0 Å². The van der Waals surface area contributed by atoms with Gasteiger partial charge in [-0.25, -0.2) is 0 Å². The van der Waals surface area contributed by atoms with Crippen LogP contribution in [0.4, 0.5) is 5.69 Å². The predicted molar refractivity (Wildman–Crippen MR) is 65.0 cm³/mol. The maximum atomic E-state index is 9.08. The smallest absolute Gasteiger partial charge is 0.0642 e. The molecule has 2 rings (SSSR count). The number of hydrogen-bond acceptors (Lipinski definition) is 3. The highest BCUT2D eigenvalue weighted by Gasteiger charge is 2.11. The van der Waals surface area contributed by atoms with Crippen LogP contribution in [0.2, 0.25) is 0 Å². The molecule has 88 valence electrons. The molecule has 0 amide bonds. The van der Waals surface area contributed by atoms with Crippen LogP contribution in [0.1, 0.15) is 18.4 Å². The van der Waals surface area contributed by atoms with Crippen molar-refractivity contribution in [2.24, 2.45) is 0 Å². The van der Waals surface area contributed by atoms with Crippen molar-refractivity contribution in [2.45, 2.75) is 12.8 Å².